The van der Waals surface area contributed by atoms with Crippen LogP contribution in [0.3, 0.4) is 0 Å². The summed E-state index contributed by atoms with van der Waals surface area (Å²) in [6.07, 6.45) is -7.70. The summed E-state index contributed by atoms with van der Waals surface area (Å²) in [7, 11) is 0. The lowest BCUT2D eigenvalue weighted by atomic mass is 10.0. The van der Waals surface area contributed by atoms with Crippen LogP contribution in [0.15, 0.2) is 0 Å². The maximum absolute atomic E-state index is 13.9. The van der Waals surface area contributed by atoms with Crippen LogP contribution >= 0.6 is 0 Å². The van der Waals surface area contributed by atoms with Crippen molar-refractivity contribution >= 4 is 5.97 Å². The molecule has 1 saturated heterocycles. The molecule has 0 aromatic heterocycles. The van der Waals surface area contributed by atoms with Gasteiger partial charge in [-0.15, -0.1) is 4.90 Å². The van der Waals surface area contributed by atoms with Crippen molar-refractivity contribution in [3.63, 3.8) is 0 Å². The van der Waals surface area contributed by atoms with Crippen LogP contribution in [0.4, 0.5) is 65.9 Å². The number of alkyl halides is 15. The number of rotatable bonds is 4. The number of carbonyl (C=O) groups is 1. The highest BCUT2D eigenvalue weighted by atomic mass is 19.4. The molecule has 0 radical (unpaired) electrons. The van der Waals surface area contributed by atoms with Gasteiger partial charge in [0.25, 0.3) is 0 Å². The molecule has 0 bridgehead atoms. The molecule has 0 aromatic rings. The average Bonchev–Trinajstić information content (AvgIpc) is 2.51. The van der Waals surface area contributed by atoms with E-state index in [-0.39, 0.29) is 0 Å². The van der Waals surface area contributed by atoms with E-state index >= 15 is 0 Å². The molecule has 0 aliphatic carbocycles. The minimum Gasteiger partial charge on any atom is -0.478 e. The van der Waals surface area contributed by atoms with Gasteiger partial charge in [0.15, 0.2) is 0 Å². The van der Waals surface area contributed by atoms with E-state index in [0.29, 0.717) is 0 Å². The third-order valence-electron chi connectivity index (χ3n) is 3.51. The van der Waals surface area contributed by atoms with E-state index in [1.165, 1.54) is 0 Å². The Kier molecular flexibility index (Phi) is 4.77. The molecule has 0 spiro atoms. The topological polar surface area (TPSA) is 60.8 Å². The second-order valence-corrected chi connectivity index (χ2v) is 5.19. The van der Waals surface area contributed by atoms with Gasteiger partial charge in [-0.25, -0.2) is 9.18 Å². The number of halogens is 15. The van der Waals surface area contributed by atoms with Crippen molar-refractivity contribution in [1.29, 1.82) is 0 Å². The Balaban J connectivity index is 3.95. The molecule has 1 fully saturated rings. The molecule has 166 valence electrons. The van der Waals surface area contributed by atoms with Gasteiger partial charge in [-0.1, -0.05) is 0 Å². The monoisotopic (exact) mass is 457 g/mol. The molecule has 1 rings (SSSR count). The molecule has 19 heteroatoms. The maximum Gasteiger partial charge on any atom is 0.460 e. The lowest BCUT2D eigenvalue weighted by Crippen LogP contribution is -2.73. The first-order chi connectivity index (χ1) is 11.8. The second kappa shape index (κ2) is 5.48. The number of aliphatic hydroxyl groups is 1. The van der Waals surface area contributed by atoms with Crippen molar-refractivity contribution in [3.05, 3.63) is 0 Å². The van der Waals surface area contributed by atoms with Gasteiger partial charge in [-0.2, -0.15) is 61.5 Å². The van der Waals surface area contributed by atoms with Gasteiger partial charge >= 0.3 is 53.7 Å². The number of likely N-dealkylation sites (tertiary alicyclic amines) is 1. The van der Waals surface area contributed by atoms with Crippen LogP contribution < -0.4 is 0 Å². The molecule has 0 aromatic carbocycles. The Morgan fingerprint density at radius 1 is 0.750 bits per heavy atom. The van der Waals surface area contributed by atoms with Gasteiger partial charge in [-0.3, -0.25) is 0 Å². The molecular weight excluding hydrogens is 455 g/mol. The predicted molar refractivity (Wildman–Crippen MR) is 50.2 cm³/mol. The third kappa shape index (κ3) is 2.28. The van der Waals surface area contributed by atoms with Crippen LogP contribution in [0.1, 0.15) is 0 Å². The Morgan fingerprint density at radius 2 is 1.11 bits per heavy atom. The van der Waals surface area contributed by atoms with Gasteiger partial charge in [0.05, 0.1) is 0 Å². The zero-order chi connectivity index (χ0) is 23.2. The molecule has 0 saturated carbocycles. The largest absolute Gasteiger partial charge is 0.478 e. The Labute approximate surface area is 141 Å². The highest BCUT2D eigenvalue weighted by molar-refractivity contribution is 5.80. The Hall–Kier alpha value is -1.66. The van der Waals surface area contributed by atoms with E-state index in [2.05, 4.69) is 0 Å². The SMILES string of the molecule is O=C(O)[C@@]1(F)N(C(F)(F)C(F)(F)C(F)(F)C(F)(F)F)C(F)(F)[C@@](O)(F)C1(F)F. The molecule has 4 nitrogen and oxygen atoms in total. The number of carboxylic acid groups (broad SMARTS) is 1. The van der Waals surface area contributed by atoms with Crippen LogP contribution in [-0.4, -0.2) is 68.8 Å². The van der Waals surface area contributed by atoms with Gasteiger partial charge in [0, 0.05) is 0 Å². The minimum atomic E-state index is -8.29. The maximum atomic E-state index is 13.9. The molecule has 0 unspecified atom stereocenters. The fourth-order valence-corrected chi connectivity index (χ4v) is 2.00. The second-order valence-electron chi connectivity index (χ2n) is 5.19. The summed E-state index contributed by atoms with van der Waals surface area (Å²) in [6, 6.07) is -15.7. The van der Waals surface area contributed by atoms with E-state index in [1.807, 2.05) is 0 Å². The third-order valence-corrected chi connectivity index (χ3v) is 3.51. The summed E-state index contributed by atoms with van der Waals surface area (Å²) >= 11 is 0. The van der Waals surface area contributed by atoms with Crippen molar-refractivity contribution in [1.82, 2.24) is 4.90 Å². The fraction of sp³-hybridized carbons (Fsp3) is 0.889. The fourth-order valence-electron chi connectivity index (χ4n) is 2.00. The molecule has 0 amide bonds. The minimum absolute atomic E-state index is 4.07. The standard InChI is InChI=1S/C9H2F15NO3/c10-2(1(26)27)3(11,12)6(17,28)9(23,24)25(2)8(21,22)5(15,16)4(13,14)7(18,19)20/h28H,(H,26,27)/t2-,6-/m1/s1. The van der Waals surface area contributed by atoms with E-state index in [4.69, 9.17) is 10.2 Å². The summed E-state index contributed by atoms with van der Waals surface area (Å²) in [5, 5.41) is 16.4. The van der Waals surface area contributed by atoms with E-state index in [1.54, 1.807) is 0 Å². The highest BCUT2D eigenvalue weighted by Gasteiger charge is 2.99. The molecule has 1 heterocycles. The quantitative estimate of drug-likeness (QED) is 0.503. The lowest BCUT2D eigenvalue weighted by Gasteiger charge is -2.42. The van der Waals surface area contributed by atoms with Gasteiger partial charge in [0.1, 0.15) is 0 Å². The summed E-state index contributed by atoms with van der Waals surface area (Å²) < 4.78 is 195. The highest BCUT2D eigenvalue weighted by Crippen LogP contribution is 2.66. The number of nitrogens with zero attached hydrogens (tertiary/aromatic N) is 1. The first kappa shape index (κ1) is 24.4. The normalized spacial score (nSPS) is 31.9. The van der Waals surface area contributed by atoms with Crippen molar-refractivity contribution in [2.24, 2.45) is 0 Å². The van der Waals surface area contributed by atoms with Gasteiger partial charge < -0.3 is 10.2 Å². The summed E-state index contributed by atoms with van der Waals surface area (Å²) in [4.78, 5) is 6.37. The number of carboxylic acids is 1. The zero-order valence-electron chi connectivity index (χ0n) is 11.9. The van der Waals surface area contributed by atoms with Crippen LogP contribution in [-0.2, 0) is 4.79 Å². The zero-order valence-corrected chi connectivity index (χ0v) is 11.9. The van der Waals surface area contributed by atoms with Crippen molar-refractivity contribution in [2.75, 3.05) is 0 Å². The average molecular weight is 457 g/mol. The summed E-state index contributed by atoms with van der Waals surface area (Å²) in [5.74, 6) is -42.2. The van der Waals surface area contributed by atoms with Gasteiger partial charge in [-0.05, 0) is 0 Å². The van der Waals surface area contributed by atoms with Crippen molar-refractivity contribution < 1.29 is 80.9 Å². The van der Waals surface area contributed by atoms with Crippen LogP contribution in [0, 0.1) is 0 Å². The first-order valence-electron chi connectivity index (χ1n) is 5.91. The molecule has 2 N–H and O–H groups in total. The number of aliphatic carboxylic acids is 1. The van der Waals surface area contributed by atoms with Crippen molar-refractivity contribution in [3.8, 4) is 0 Å². The van der Waals surface area contributed by atoms with E-state index in [0.717, 1.165) is 0 Å². The molecular formula is C9H2F15NO3. The Bertz CT molecular complexity index is 670. The Morgan fingerprint density at radius 3 is 1.39 bits per heavy atom. The first-order valence-corrected chi connectivity index (χ1v) is 5.91. The van der Waals surface area contributed by atoms with Crippen LogP contribution in [0.5, 0.6) is 0 Å². The smallest absolute Gasteiger partial charge is 0.460 e. The van der Waals surface area contributed by atoms with Gasteiger partial charge in [0.2, 0.25) is 0 Å². The lowest BCUT2D eigenvalue weighted by molar-refractivity contribution is -0.452. The molecule has 28 heavy (non-hydrogen) atoms. The number of hydrogen-bond donors (Lipinski definition) is 2. The number of hydrogen-bond acceptors (Lipinski definition) is 3. The van der Waals surface area contributed by atoms with E-state index in [9.17, 15) is 70.7 Å². The molecule has 2 atom stereocenters. The van der Waals surface area contributed by atoms with Crippen LogP contribution in [0.25, 0.3) is 0 Å². The molecule has 1 aliphatic heterocycles. The van der Waals surface area contributed by atoms with Crippen LogP contribution in [0.2, 0.25) is 0 Å². The van der Waals surface area contributed by atoms with E-state index < -0.39 is 58.6 Å². The summed E-state index contributed by atoms with van der Waals surface area (Å²) in [5.41, 5.74) is 0. The predicted octanol–water partition coefficient (Wildman–Crippen LogP) is 3.36. The summed E-state index contributed by atoms with van der Waals surface area (Å²) in [6.45, 7) is 0. The molecule has 1 aliphatic rings. The van der Waals surface area contributed by atoms with Crippen molar-refractivity contribution in [2.45, 2.75) is 47.7 Å².